The third-order valence-corrected chi connectivity index (χ3v) is 5.85. The Morgan fingerprint density at radius 2 is 2.17 bits per heavy atom. The van der Waals surface area contributed by atoms with Crippen LogP contribution in [0.3, 0.4) is 0 Å². The van der Waals surface area contributed by atoms with Crippen LogP contribution in [0.1, 0.15) is 49.5 Å². The van der Waals surface area contributed by atoms with Crippen molar-refractivity contribution in [3.05, 3.63) is 42.0 Å². The maximum atomic E-state index is 13.0. The van der Waals surface area contributed by atoms with E-state index in [0.29, 0.717) is 12.5 Å². The molecule has 156 valence electrons. The van der Waals surface area contributed by atoms with Gasteiger partial charge in [0.25, 0.3) is 0 Å². The average molecular weight is 399 g/mol. The summed E-state index contributed by atoms with van der Waals surface area (Å²) in [5.41, 5.74) is 1.83. The zero-order valence-corrected chi connectivity index (χ0v) is 17.0. The molecular weight excluding hydrogens is 368 g/mol. The van der Waals surface area contributed by atoms with Crippen molar-refractivity contribution in [2.75, 3.05) is 31.7 Å². The van der Waals surface area contributed by atoms with Crippen molar-refractivity contribution in [3.8, 4) is 5.75 Å². The number of amides is 2. The monoisotopic (exact) mass is 398 g/mol. The van der Waals surface area contributed by atoms with Gasteiger partial charge >= 0.3 is 6.03 Å². The molecule has 2 amide bonds. The van der Waals surface area contributed by atoms with Gasteiger partial charge in [0.15, 0.2) is 0 Å². The van der Waals surface area contributed by atoms with Crippen molar-refractivity contribution < 1.29 is 14.3 Å². The van der Waals surface area contributed by atoms with Crippen LogP contribution in [0.2, 0.25) is 0 Å². The van der Waals surface area contributed by atoms with Gasteiger partial charge in [-0.25, -0.2) is 9.78 Å². The summed E-state index contributed by atoms with van der Waals surface area (Å²) in [5, 5.41) is 3.05. The average Bonchev–Trinajstić information content (AvgIpc) is 3.29. The number of carbonyl (C=O) groups is 1. The minimum atomic E-state index is -0.0923. The molecule has 2 fully saturated rings. The number of hydrogen-bond acceptors (Lipinski definition) is 4. The van der Waals surface area contributed by atoms with Crippen LogP contribution in [-0.2, 0) is 4.74 Å². The lowest BCUT2D eigenvalue weighted by Gasteiger charge is -2.34. The van der Waals surface area contributed by atoms with Crippen LogP contribution >= 0.6 is 0 Å². The van der Waals surface area contributed by atoms with E-state index in [2.05, 4.69) is 15.3 Å². The smallest absolute Gasteiger partial charge is 0.322 e. The fourth-order valence-electron chi connectivity index (χ4n) is 4.07. The number of piperidine rings is 1. The number of imidazole rings is 1. The summed E-state index contributed by atoms with van der Waals surface area (Å²) in [6, 6.07) is 5.76. The number of ether oxygens (including phenoxy) is 2. The molecular formula is C22H30N4O3. The molecule has 29 heavy (non-hydrogen) atoms. The molecule has 0 radical (unpaired) electrons. The Hall–Kier alpha value is -2.54. The second-order valence-electron chi connectivity index (χ2n) is 7.96. The summed E-state index contributed by atoms with van der Waals surface area (Å²) in [5.74, 6) is 2.21. The van der Waals surface area contributed by atoms with Crippen LogP contribution in [0, 0.1) is 12.8 Å². The quantitative estimate of drug-likeness (QED) is 0.788. The highest BCUT2D eigenvalue weighted by Crippen LogP contribution is 2.30. The van der Waals surface area contributed by atoms with E-state index in [1.807, 2.05) is 36.2 Å². The zero-order chi connectivity index (χ0) is 20.1. The Balaban J connectivity index is 1.40. The number of urea groups is 1. The molecule has 3 heterocycles. The molecule has 0 bridgehead atoms. The van der Waals surface area contributed by atoms with E-state index < -0.39 is 0 Å². The van der Waals surface area contributed by atoms with Gasteiger partial charge in [-0.3, -0.25) is 0 Å². The first kappa shape index (κ1) is 19.8. The van der Waals surface area contributed by atoms with E-state index in [-0.39, 0.29) is 12.1 Å². The molecule has 2 aromatic rings. The first-order chi connectivity index (χ1) is 14.2. The van der Waals surface area contributed by atoms with Crippen molar-refractivity contribution in [1.29, 1.82) is 0 Å². The summed E-state index contributed by atoms with van der Waals surface area (Å²) in [7, 11) is 0. The van der Waals surface area contributed by atoms with Crippen LogP contribution < -0.4 is 10.1 Å². The van der Waals surface area contributed by atoms with E-state index in [9.17, 15) is 4.79 Å². The third kappa shape index (κ3) is 4.90. The molecule has 4 rings (SSSR count). The molecule has 0 saturated carbocycles. The van der Waals surface area contributed by atoms with Gasteiger partial charge in [0.1, 0.15) is 11.6 Å². The topological polar surface area (TPSA) is 79.5 Å². The summed E-state index contributed by atoms with van der Waals surface area (Å²) in [6.07, 6.45) is 8.66. The lowest BCUT2D eigenvalue weighted by Crippen LogP contribution is -2.41. The maximum absolute atomic E-state index is 13.0. The Morgan fingerprint density at radius 1 is 1.31 bits per heavy atom. The minimum absolute atomic E-state index is 0.00607. The SMILES string of the molecule is Cc1ccc(NC(=O)N2CCCCC2c2ncc[nH]2)cc1OCC1CCOCC1. The van der Waals surface area contributed by atoms with Gasteiger partial charge in [0, 0.05) is 43.9 Å². The number of likely N-dealkylation sites (tertiary alicyclic amines) is 1. The molecule has 0 spiro atoms. The van der Waals surface area contributed by atoms with E-state index >= 15 is 0 Å². The van der Waals surface area contributed by atoms with E-state index in [1.165, 1.54) is 0 Å². The first-order valence-electron chi connectivity index (χ1n) is 10.6. The number of nitrogens with one attached hydrogen (secondary N) is 2. The fraction of sp³-hybridized carbons (Fsp3) is 0.545. The van der Waals surface area contributed by atoms with Crippen LogP contribution in [0.4, 0.5) is 10.5 Å². The second-order valence-corrected chi connectivity index (χ2v) is 7.96. The molecule has 7 heteroatoms. The Bertz CT molecular complexity index is 802. The molecule has 1 atom stereocenters. The van der Waals surface area contributed by atoms with E-state index in [1.54, 1.807) is 6.20 Å². The lowest BCUT2D eigenvalue weighted by molar-refractivity contribution is 0.0496. The van der Waals surface area contributed by atoms with Crippen LogP contribution in [0.15, 0.2) is 30.6 Å². The number of aromatic amines is 1. The fourth-order valence-corrected chi connectivity index (χ4v) is 4.07. The number of nitrogens with zero attached hydrogens (tertiary/aromatic N) is 2. The predicted molar refractivity (Wildman–Crippen MR) is 111 cm³/mol. The summed E-state index contributed by atoms with van der Waals surface area (Å²) >= 11 is 0. The van der Waals surface area contributed by atoms with Crippen molar-refractivity contribution in [1.82, 2.24) is 14.9 Å². The maximum Gasteiger partial charge on any atom is 0.322 e. The number of rotatable bonds is 5. The van der Waals surface area contributed by atoms with Crippen molar-refractivity contribution in [3.63, 3.8) is 0 Å². The Kier molecular flexibility index (Phi) is 6.34. The van der Waals surface area contributed by atoms with Crippen molar-refractivity contribution in [2.24, 2.45) is 5.92 Å². The number of benzene rings is 1. The normalized spacial score (nSPS) is 20.4. The number of anilines is 1. The molecule has 2 aliphatic heterocycles. The zero-order valence-electron chi connectivity index (χ0n) is 17.0. The summed E-state index contributed by atoms with van der Waals surface area (Å²) < 4.78 is 11.5. The summed E-state index contributed by atoms with van der Waals surface area (Å²) in [6.45, 7) is 5.08. The molecule has 2 saturated heterocycles. The number of carbonyl (C=O) groups excluding carboxylic acids is 1. The van der Waals surface area contributed by atoms with Gasteiger partial charge in [-0.05, 0) is 56.6 Å². The highest BCUT2D eigenvalue weighted by Gasteiger charge is 2.29. The van der Waals surface area contributed by atoms with Gasteiger partial charge in [-0.15, -0.1) is 0 Å². The van der Waals surface area contributed by atoms with Gasteiger partial charge in [-0.2, -0.15) is 0 Å². The number of aryl methyl sites for hydroxylation is 1. The Labute approximate surface area is 171 Å². The molecule has 7 nitrogen and oxygen atoms in total. The van der Waals surface area contributed by atoms with Gasteiger partial charge in [0.05, 0.1) is 12.6 Å². The number of aromatic nitrogens is 2. The summed E-state index contributed by atoms with van der Waals surface area (Å²) in [4.78, 5) is 22.4. The predicted octanol–water partition coefficient (Wildman–Crippen LogP) is 4.28. The molecule has 1 aromatic heterocycles. The van der Waals surface area contributed by atoms with Crippen LogP contribution in [0.5, 0.6) is 5.75 Å². The van der Waals surface area contributed by atoms with Gasteiger partial charge in [0.2, 0.25) is 0 Å². The lowest BCUT2D eigenvalue weighted by atomic mass is 10.0. The second kappa shape index (κ2) is 9.31. The van der Waals surface area contributed by atoms with Crippen molar-refractivity contribution >= 4 is 11.7 Å². The third-order valence-electron chi connectivity index (χ3n) is 5.85. The van der Waals surface area contributed by atoms with E-state index in [0.717, 1.165) is 74.7 Å². The standard InChI is InChI=1S/C22H30N4O3/c1-16-5-6-18(14-20(16)29-15-17-7-12-28-13-8-17)25-22(27)26-11-3-2-4-19(26)21-23-9-10-24-21/h5-6,9-10,14,17,19H,2-4,7-8,11-13,15H2,1H3,(H,23,24)(H,25,27). The minimum Gasteiger partial charge on any atom is -0.493 e. The van der Waals surface area contributed by atoms with Gasteiger partial charge < -0.3 is 24.7 Å². The largest absolute Gasteiger partial charge is 0.493 e. The van der Waals surface area contributed by atoms with Crippen molar-refractivity contribution in [2.45, 2.75) is 45.1 Å². The number of hydrogen-bond donors (Lipinski definition) is 2. The highest BCUT2D eigenvalue weighted by molar-refractivity contribution is 5.90. The molecule has 0 aliphatic carbocycles. The Morgan fingerprint density at radius 3 is 2.97 bits per heavy atom. The molecule has 1 unspecified atom stereocenters. The molecule has 1 aromatic carbocycles. The van der Waals surface area contributed by atoms with E-state index in [4.69, 9.17) is 9.47 Å². The van der Waals surface area contributed by atoms with Gasteiger partial charge in [-0.1, -0.05) is 6.07 Å². The van der Waals surface area contributed by atoms with Crippen LogP contribution in [-0.4, -0.2) is 47.3 Å². The molecule has 2 aliphatic rings. The molecule has 2 N–H and O–H groups in total. The number of H-pyrrole nitrogens is 1. The highest BCUT2D eigenvalue weighted by atomic mass is 16.5. The van der Waals surface area contributed by atoms with Crippen LogP contribution in [0.25, 0.3) is 0 Å². The first-order valence-corrected chi connectivity index (χ1v) is 10.6.